The summed E-state index contributed by atoms with van der Waals surface area (Å²) in [6.45, 7) is 4.02. The molecule has 1 unspecified atom stereocenters. The van der Waals surface area contributed by atoms with E-state index in [0.29, 0.717) is 12.3 Å². The number of hydrogen-bond donors (Lipinski definition) is 1. The number of rotatable bonds is 5. The van der Waals surface area contributed by atoms with Crippen molar-refractivity contribution in [2.24, 2.45) is 5.92 Å². The lowest BCUT2D eigenvalue weighted by atomic mass is 9.97. The van der Waals surface area contributed by atoms with Crippen molar-refractivity contribution in [1.82, 2.24) is 4.90 Å². The Morgan fingerprint density at radius 3 is 3.09 bits per heavy atom. The molecular weight excluding hydrogens is 278 g/mol. The number of hydrogen-bond acceptors (Lipinski definition) is 3. The van der Waals surface area contributed by atoms with Crippen molar-refractivity contribution < 1.29 is 14.6 Å². The molecule has 2 heterocycles. The zero-order valence-corrected chi connectivity index (χ0v) is 13.1. The van der Waals surface area contributed by atoms with Gasteiger partial charge in [0, 0.05) is 19.4 Å². The average Bonchev–Trinajstić information content (AvgIpc) is 2.85. The van der Waals surface area contributed by atoms with Crippen molar-refractivity contribution in [3.63, 3.8) is 0 Å². The smallest absolute Gasteiger partial charge is 0.303 e. The van der Waals surface area contributed by atoms with E-state index < -0.39 is 5.97 Å². The second-order valence-electron chi connectivity index (χ2n) is 6.53. The van der Waals surface area contributed by atoms with Gasteiger partial charge in [-0.15, -0.1) is 0 Å². The van der Waals surface area contributed by atoms with Crippen LogP contribution in [0.25, 0.3) is 0 Å². The van der Waals surface area contributed by atoms with Crippen molar-refractivity contribution in [3.8, 4) is 5.75 Å². The lowest BCUT2D eigenvalue weighted by Gasteiger charge is -2.20. The van der Waals surface area contributed by atoms with Crippen molar-refractivity contribution in [3.05, 3.63) is 29.3 Å². The van der Waals surface area contributed by atoms with Gasteiger partial charge < -0.3 is 14.7 Å². The Balaban J connectivity index is 1.48. The molecule has 2 aliphatic rings. The molecular formula is C18H25NO3. The maximum atomic E-state index is 10.8. The van der Waals surface area contributed by atoms with Crippen LogP contribution in [0.1, 0.15) is 36.8 Å². The number of aliphatic carboxylic acids is 1. The number of likely N-dealkylation sites (tertiary alicyclic amines) is 1. The number of carboxylic acid groups (broad SMARTS) is 1. The van der Waals surface area contributed by atoms with Crippen molar-refractivity contribution >= 4 is 5.97 Å². The predicted octanol–water partition coefficient (Wildman–Crippen LogP) is 2.74. The third kappa shape index (κ3) is 4.01. The molecule has 0 aliphatic carbocycles. The Labute approximate surface area is 132 Å². The largest absolute Gasteiger partial charge is 0.493 e. The lowest BCUT2D eigenvalue weighted by molar-refractivity contribution is -0.138. The number of nitrogens with zero attached hydrogens (tertiary/aromatic N) is 1. The molecule has 0 saturated carbocycles. The summed E-state index contributed by atoms with van der Waals surface area (Å²) in [6, 6.07) is 6.56. The summed E-state index contributed by atoms with van der Waals surface area (Å²) in [6.07, 6.45) is 5.62. The number of benzene rings is 1. The van der Waals surface area contributed by atoms with Gasteiger partial charge in [-0.1, -0.05) is 12.1 Å². The molecule has 1 atom stereocenters. The van der Waals surface area contributed by atoms with Crippen LogP contribution in [0.15, 0.2) is 18.2 Å². The molecule has 120 valence electrons. The minimum Gasteiger partial charge on any atom is -0.493 e. The van der Waals surface area contributed by atoms with E-state index in [9.17, 15) is 4.79 Å². The van der Waals surface area contributed by atoms with E-state index in [1.165, 1.54) is 11.1 Å². The van der Waals surface area contributed by atoms with E-state index in [-0.39, 0.29) is 0 Å². The van der Waals surface area contributed by atoms with Crippen LogP contribution in [0.3, 0.4) is 0 Å². The fraction of sp³-hybridized carbons (Fsp3) is 0.611. The summed E-state index contributed by atoms with van der Waals surface area (Å²) in [4.78, 5) is 13.3. The first kappa shape index (κ1) is 15.3. The minimum absolute atomic E-state index is 0.332. The van der Waals surface area contributed by atoms with E-state index in [4.69, 9.17) is 9.84 Å². The third-order valence-electron chi connectivity index (χ3n) is 4.87. The van der Waals surface area contributed by atoms with E-state index in [0.717, 1.165) is 64.1 Å². The molecule has 0 radical (unpaired) electrons. The maximum Gasteiger partial charge on any atom is 0.303 e. The first-order valence-electron chi connectivity index (χ1n) is 8.39. The number of fused-ring (bicyclic) bond motifs is 1. The number of carbonyl (C=O) groups is 1. The van der Waals surface area contributed by atoms with Gasteiger partial charge in [-0.25, -0.2) is 0 Å². The Morgan fingerprint density at radius 2 is 2.23 bits per heavy atom. The highest BCUT2D eigenvalue weighted by Crippen LogP contribution is 2.26. The molecule has 22 heavy (non-hydrogen) atoms. The van der Waals surface area contributed by atoms with E-state index in [2.05, 4.69) is 23.1 Å². The Hall–Kier alpha value is -1.55. The quantitative estimate of drug-likeness (QED) is 0.908. The lowest BCUT2D eigenvalue weighted by Crippen LogP contribution is -2.27. The fourth-order valence-electron chi connectivity index (χ4n) is 3.58. The molecule has 1 aromatic rings. The van der Waals surface area contributed by atoms with Gasteiger partial charge in [0.05, 0.1) is 6.61 Å². The molecule has 4 heteroatoms. The molecule has 0 spiro atoms. The van der Waals surface area contributed by atoms with Crippen LogP contribution in [-0.2, 0) is 17.6 Å². The van der Waals surface area contributed by atoms with Crippen LogP contribution in [0.4, 0.5) is 0 Å². The average molecular weight is 303 g/mol. The first-order valence-corrected chi connectivity index (χ1v) is 8.39. The van der Waals surface area contributed by atoms with Gasteiger partial charge in [-0.2, -0.15) is 0 Å². The predicted molar refractivity (Wildman–Crippen MR) is 85.4 cm³/mol. The zero-order chi connectivity index (χ0) is 15.4. The van der Waals surface area contributed by atoms with Gasteiger partial charge >= 0.3 is 5.97 Å². The Kier molecular flexibility index (Phi) is 4.98. The van der Waals surface area contributed by atoms with Crippen LogP contribution >= 0.6 is 0 Å². The van der Waals surface area contributed by atoms with E-state index in [1.807, 2.05) is 0 Å². The first-order chi connectivity index (χ1) is 10.7. The summed E-state index contributed by atoms with van der Waals surface area (Å²) in [5.74, 6) is 0.758. The van der Waals surface area contributed by atoms with E-state index in [1.54, 1.807) is 0 Å². The highest BCUT2D eigenvalue weighted by atomic mass is 16.5. The van der Waals surface area contributed by atoms with Crippen LogP contribution < -0.4 is 4.74 Å². The second kappa shape index (κ2) is 7.14. The monoisotopic (exact) mass is 303 g/mol. The standard InChI is InChI=1S/C18H25NO3/c20-18(21)13-14-2-1-8-19(9-5-14)10-6-15-3-4-17-16(12-15)7-11-22-17/h3-4,12,14H,1-2,5-11,13H2,(H,20,21). The van der Waals surface area contributed by atoms with Gasteiger partial charge in [0.2, 0.25) is 0 Å². The topological polar surface area (TPSA) is 49.8 Å². The summed E-state index contributed by atoms with van der Waals surface area (Å²) < 4.78 is 5.55. The number of carboxylic acids is 1. The molecule has 0 bridgehead atoms. The molecule has 3 rings (SSSR count). The van der Waals surface area contributed by atoms with Crippen LogP contribution in [-0.4, -0.2) is 42.2 Å². The van der Waals surface area contributed by atoms with Gasteiger partial charge in [0.1, 0.15) is 5.75 Å². The number of ether oxygens (including phenoxy) is 1. The molecule has 2 aliphatic heterocycles. The normalized spacial score (nSPS) is 21.9. The van der Waals surface area contributed by atoms with Crippen molar-refractivity contribution in [1.29, 1.82) is 0 Å². The van der Waals surface area contributed by atoms with Crippen LogP contribution in [0, 0.1) is 5.92 Å². The van der Waals surface area contributed by atoms with Crippen molar-refractivity contribution in [2.45, 2.75) is 38.5 Å². The molecule has 1 aromatic carbocycles. The Bertz CT molecular complexity index is 529. The second-order valence-corrected chi connectivity index (χ2v) is 6.53. The van der Waals surface area contributed by atoms with E-state index >= 15 is 0 Å². The summed E-state index contributed by atoms with van der Waals surface area (Å²) in [5, 5.41) is 8.93. The summed E-state index contributed by atoms with van der Waals surface area (Å²) in [5.41, 5.74) is 2.73. The minimum atomic E-state index is -0.654. The molecule has 1 saturated heterocycles. The molecule has 0 amide bonds. The Morgan fingerprint density at radius 1 is 1.32 bits per heavy atom. The SMILES string of the molecule is O=C(O)CC1CCCN(CCc2ccc3c(c2)CCO3)CC1. The third-order valence-corrected chi connectivity index (χ3v) is 4.87. The zero-order valence-electron chi connectivity index (χ0n) is 13.1. The summed E-state index contributed by atoms with van der Waals surface area (Å²) in [7, 11) is 0. The molecule has 1 fully saturated rings. The highest BCUT2D eigenvalue weighted by Gasteiger charge is 2.19. The molecule has 4 nitrogen and oxygen atoms in total. The maximum absolute atomic E-state index is 10.8. The molecule has 0 aromatic heterocycles. The van der Waals surface area contributed by atoms with Gasteiger partial charge in [-0.05, 0) is 61.9 Å². The van der Waals surface area contributed by atoms with Gasteiger partial charge in [0.15, 0.2) is 0 Å². The van der Waals surface area contributed by atoms with Crippen LogP contribution in [0.2, 0.25) is 0 Å². The fourth-order valence-corrected chi connectivity index (χ4v) is 3.58. The molecule has 1 N–H and O–H groups in total. The summed E-state index contributed by atoms with van der Waals surface area (Å²) >= 11 is 0. The van der Waals surface area contributed by atoms with Gasteiger partial charge in [-0.3, -0.25) is 4.79 Å². The van der Waals surface area contributed by atoms with Gasteiger partial charge in [0.25, 0.3) is 0 Å². The highest BCUT2D eigenvalue weighted by molar-refractivity contribution is 5.67. The van der Waals surface area contributed by atoms with Crippen LogP contribution in [0.5, 0.6) is 5.75 Å². The van der Waals surface area contributed by atoms with Crippen molar-refractivity contribution in [2.75, 3.05) is 26.2 Å².